The van der Waals surface area contributed by atoms with E-state index in [-0.39, 0.29) is 17.6 Å². The normalized spacial score (nSPS) is 22.1. The minimum absolute atomic E-state index is 0.0731. The van der Waals surface area contributed by atoms with E-state index in [0.717, 1.165) is 13.6 Å². The molecule has 4 rings (SSSR count). The lowest BCUT2D eigenvalue weighted by Gasteiger charge is -2.30. The molecule has 0 aliphatic carbocycles. The summed E-state index contributed by atoms with van der Waals surface area (Å²) < 4.78 is 1.79. The molecule has 1 fully saturated rings. The Labute approximate surface area is 153 Å². The third-order valence-corrected chi connectivity index (χ3v) is 5.38. The molecule has 0 aromatic heterocycles. The van der Waals surface area contributed by atoms with E-state index < -0.39 is 11.8 Å². The first kappa shape index (κ1) is 14.9. The molecule has 1 saturated heterocycles. The number of fused-ring (bicyclic) bond motifs is 4. The van der Waals surface area contributed by atoms with Crippen LogP contribution in [0.25, 0.3) is 0 Å². The number of amides is 2. The van der Waals surface area contributed by atoms with Gasteiger partial charge in [0.25, 0.3) is 11.8 Å². The fourth-order valence-electron chi connectivity index (χ4n) is 3.24. The SMILES string of the molecule is O=C1NN2C(=O)C1C(c1cc(Br)ccc1O)c1cc(I)ccc12. The highest BCUT2D eigenvalue weighted by Crippen LogP contribution is 2.48. The zero-order chi connectivity index (χ0) is 16.3. The van der Waals surface area contributed by atoms with Crippen LogP contribution in [-0.2, 0) is 9.59 Å². The molecule has 2 N–H and O–H groups in total. The van der Waals surface area contributed by atoms with Crippen LogP contribution in [0.2, 0.25) is 0 Å². The van der Waals surface area contributed by atoms with Crippen molar-refractivity contribution in [3.05, 3.63) is 55.6 Å². The molecule has 23 heavy (non-hydrogen) atoms. The third kappa shape index (κ3) is 2.17. The quantitative estimate of drug-likeness (QED) is 0.483. The number of phenols is 1. The number of aromatic hydroxyl groups is 1. The highest BCUT2D eigenvalue weighted by molar-refractivity contribution is 14.1. The van der Waals surface area contributed by atoms with Crippen molar-refractivity contribution < 1.29 is 14.7 Å². The summed E-state index contributed by atoms with van der Waals surface area (Å²) in [6.07, 6.45) is 0. The molecule has 2 aromatic rings. The fourth-order valence-corrected chi connectivity index (χ4v) is 4.13. The van der Waals surface area contributed by atoms with Crippen LogP contribution in [0.4, 0.5) is 5.69 Å². The van der Waals surface area contributed by atoms with E-state index in [1.165, 1.54) is 5.01 Å². The van der Waals surface area contributed by atoms with Gasteiger partial charge in [-0.25, -0.2) is 5.01 Å². The van der Waals surface area contributed by atoms with Crippen molar-refractivity contribution in [3.63, 3.8) is 0 Å². The number of nitrogens with one attached hydrogen (secondary N) is 1. The average molecular weight is 485 g/mol. The third-order valence-electron chi connectivity index (χ3n) is 4.21. The van der Waals surface area contributed by atoms with E-state index in [0.29, 0.717) is 11.3 Å². The number of hydrogen-bond acceptors (Lipinski definition) is 3. The number of halogens is 2. The van der Waals surface area contributed by atoms with Gasteiger partial charge in [0.2, 0.25) is 0 Å². The van der Waals surface area contributed by atoms with Gasteiger partial charge in [-0.3, -0.25) is 15.0 Å². The smallest absolute Gasteiger partial charge is 0.259 e. The number of hydrazine groups is 1. The van der Waals surface area contributed by atoms with Gasteiger partial charge in [0.05, 0.1) is 5.69 Å². The van der Waals surface area contributed by atoms with E-state index in [9.17, 15) is 14.7 Å². The van der Waals surface area contributed by atoms with Gasteiger partial charge in [-0.15, -0.1) is 0 Å². The molecule has 2 aliphatic rings. The lowest BCUT2D eigenvalue weighted by molar-refractivity contribution is -0.128. The molecule has 2 heterocycles. The Morgan fingerprint density at radius 1 is 1.09 bits per heavy atom. The van der Waals surface area contributed by atoms with Crippen LogP contribution in [0.1, 0.15) is 17.0 Å². The monoisotopic (exact) mass is 484 g/mol. The minimum atomic E-state index is -0.860. The molecule has 2 aromatic carbocycles. The first-order valence-corrected chi connectivity index (χ1v) is 8.77. The Morgan fingerprint density at radius 3 is 2.65 bits per heavy atom. The molecule has 2 amide bonds. The molecule has 116 valence electrons. The number of carbonyl (C=O) groups excluding carboxylic acids is 2. The summed E-state index contributed by atoms with van der Waals surface area (Å²) in [7, 11) is 0. The Morgan fingerprint density at radius 2 is 1.87 bits per heavy atom. The van der Waals surface area contributed by atoms with Crippen LogP contribution in [-0.4, -0.2) is 16.9 Å². The highest BCUT2D eigenvalue weighted by Gasteiger charge is 2.52. The molecule has 0 spiro atoms. The van der Waals surface area contributed by atoms with Crippen LogP contribution >= 0.6 is 38.5 Å². The van der Waals surface area contributed by atoms with Crippen molar-refractivity contribution in [2.24, 2.45) is 5.92 Å². The summed E-state index contributed by atoms with van der Waals surface area (Å²) in [5, 5.41) is 11.6. The van der Waals surface area contributed by atoms with Crippen molar-refractivity contribution in [2.75, 3.05) is 5.01 Å². The van der Waals surface area contributed by atoms with E-state index in [4.69, 9.17) is 0 Å². The maximum atomic E-state index is 12.6. The van der Waals surface area contributed by atoms with Gasteiger partial charge in [-0.2, -0.15) is 0 Å². The summed E-state index contributed by atoms with van der Waals surface area (Å²) in [6.45, 7) is 0. The predicted octanol–water partition coefficient (Wildman–Crippen LogP) is 2.90. The van der Waals surface area contributed by atoms with E-state index in [1.54, 1.807) is 18.2 Å². The summed E-state index contributed by atoms with van der Waals surface area (Å²) in [6, 6.07) is 10.7. The molecule has 7 heteroatoms. The van der Waals surface area contributed by atoms with E-state index >= 15 is 0 Å². The van der Waals surface area contributed by atoms with Crippen molar-refractivity contribution >= 4 is 56.0 Å². The highest BCUT2D eigenvalue weighted by atomic mass is 127. The molecular formula is C16H10BrIN2O3. The van der Waals surface area contributed by atoms with Gasteiger partial charge in [-0.05, 0) is 64.6 Å². The Bertz CT molecular complexity index is 870. The van der Waals surface area contributed by atoms with Gasteiger partial charge >= 0.3 is 0 Å². The fraction of sp³-hybridized carbons (Fsp3) is 0.125. The lowest BCUT2D eigenvalue weighted by Crippen LogP contribution is -2.39. The molecular weight excluding hydrogens is 475 g/mol. The van der Waals surface area contributed by atoms with Gasteiger partial charge in [0.1, 0.15) is 11.7 Å². The molecule has 5 nitrogen and oxygen atoms in total. The number of nitrogens with zero attached hydrogens (tertiary/aromatic N) is 1. The maximum Gasteiger partial charge on any atom is 0.259 e. The Balaban J connectivity index is 2.01. The van der Waals surface area contributed by atoms with Crippen LogP contribution in [0.5, 0.6) is 5.75 Å². The summed E-state index contributed by atoms with van der Waals surface area (Å²) in [5.41, 5.74) is 4.70. The van der Waals surface area contributed by atoms with Gasteiger partial charge in [-0.1, -0.05) is 15.9 Å². The van der Waals surface area contributed by atoms with Crippen LogP contribution in [0.3, 0.4) is 0 Å². The second-order valence-electron chi connectivity index (χ2n) is 5.51. The summed E-state index contributed by atoms with van der Waals surface area (Å²) in [4.78, 5) is 24.9. The van der Waals surface area contributed by atoms with Gasteiger partial charge < -0.3 is 5.11 Å². The van der Waals surface area contributed by atoms with E-state index in [2.05, 4.69) is 43.9 Å². The van der Waals surface area contributed by atoms with E-state index in [1.807, 2.05) is 18.2 Å². The number of phenolic OH excluding ortho intramolecular Hbond substituents is 1. The molecule has 2 bridgehead atoms. The zero-order valence-electron chi connectivity index (χ0n) is 11.6. The maximum absolute atomic E-state index is 12.6. The standard InChI is InChI=1S/C16H10BrIN2O3/c17-7-1-4-12(21)10(5-7)13-9-6-8(18)2-3-11(9)20-16(23)14(13)15(22)19-20/h1-6,13-14,21H,(H,19,22). The molecule has 0 saturated carbocycles. The zero-order valence-corrected chi connectivity index (χ0v) is 15.3. The number of hydrogen-bond donors (Lipinski definition) is 2. The first-order chi connectivity index (χ1) is 11.0. The topological polar surface area (TPSA) is 69.6 Å². The summed E-state index contributed by atoms with van der Waals surface area (Å²) in [5.74, 6) is -1.92. The van der Waals surface area contributed by atoms with Gasteiger partial charge in [0, 0.05) is 19.5 Å². The Hall–Kier alpha value is -1.61. The lowest BCUT2D eigenvalue weighted by atomic mass is 9.77. The van der Waals surface area contributed by atoms with Crippen molar-refractivity contribution in [1.29, 1.82) is 0 Å². The van der Waals surface area contributed by atoms with Gasteiger partial charge in [0.15, 0.2) is 0 Å². The summed E-state index contributed by atoms with van der Waals surface area (Å²) >= 11 is 5.59. The number of rotatable bonds is 1. The van der Waals surface area contributed by atoms with Crippen molar-refractivity contribution in [1.82, 2.24) is 5.43 Å². The molecule has 2 atom stereocenters. The van der Waals surface area contributed by atoms with Crippen molar-refractivity contribution in [2.45, 2.75) is 5.92 Å². The predicted molar refractivity (Wildman–Crippen MR) is 95.9 cm³/mol. The van der Waals surface area contributed by atoms with Crippen LogP contribution in [0.15, 0.2) is 40.9 Å². The van der Waals surface area contributed by atoms with Crippen LogP contribution < -0.4 is 10.4 Å². The molecule has 0 radical (unpaired) electrons. The molecule has 2 aliphatic heterocycles. The number of benzene rings is 2. The number of carbonyl (C=O) groups is 2. The average Bonchev–Trinajstić information content (AvgIpc) is 2.72. The second-order valence-corrected chi connectivity index (χ2v) is 7.67. The minimum Gasteiger partial charge on any atom is -0.508 e. The number of anilines is 1. The first-order valence-electron chi connectivity index (χ1n) is 6.89. The largest absolute Gasteiger partial charge is 0.508 e. The van der Waals surface area contributed by atoms with Crippen molar-refractivity contribution in [3.8, 4) is 5.75 Å². The second kappa shape index (κ2) is 5.20. The molecule has 2 unspecified atom stereocenters. The Kier molecular flexibility index (Phi) is 3.38. The van der Waals surface area contributed by atoms with Crippen LogP contribution in [0, 0.1) is 9.49 Å².